The van der Waals surface area contributed by atoms with Crippen molar-refractivity contribution >= 4 is 22.8 Å². The third-order valence-corrected chi connectivity index (χ3v) is 4.55. The smallest absolute Gasteiger partial charge is 0.369 e. The van der Waals surface area contributed by atoms with Crippen LogP contribution in [0.2, 0.25) is 0 Å². The van der Waals surface area contributed by atoms with Gasteiger partial charge >= 0.3 is 6.18 Å². The number of nitrogens with one attached hydrogen (secondary N) is 2. The Morgan fingerprint density at radius 2 is 2.11 bits per heavy atom. The molecule has 1 unspecified atom stereocenters. The number of hydrogen-bond acceptors (Lipinski definition) is 6. The highest BCUT2D eigenvalue weighted by Gasteiger charge is 2.45. The first-order valence-corrected chi connectivity index (χ1v) is 9.28. The van der Waals surface area contributed by atoms with E-state index in [1.54, 1.807) is 6.20 Å². The maximum absolute atomic E-state index is 13.0. The number of nitrogens with zero attached hydrogens (tertiary/aromatic N) is 4. The van der Waals surface area contributed by atoms with Gasteiger partial charge in [0.05, 0.1) is 5.39 Å². The van der Waals surface area contributed by atoms with E-state index in [2.05, 4.69) is 25.6 Å². The lowest BCUT2D eigenvalue weighted by atomic mass is 10.2. The molecule has 3 rings (SSSR count). The number of alkyl halides is 3. The fourth-order valence-corrected chi connectivity index (χ4v) is 3.37. The van der Waals surface area contributed by atoms with Crippen molar-refractivity contribution in [1.82, 2.24) is 19.9 Å². The number of pyridine rings is 1. The summed E-state index contributed by atoms with van der Waals surface area (Å²) < 4.78 is 39.1. The van der Waals surface area contributed by atoms with Crippen LogP contribution in [0.25, 0.3) is 11.0 Å². The Hall–Kier alpha value is -2.16. The Kier molecular flexibility index (Phi) is 5.98. The molecule has 1 fully saturated rings. The molecule has 0 radical (unpaired) electrons. The van der Waals surface area contributed by atoms with Gasteiger partial charge in [-0.15, -0.1) is 0 Å². The van der Waals surface area contributed by atoms with Gasteiger partial charge in [0.15, 0.2) is 5.65 Å². The van der Waals surface area contributed by atoms with Crippen molar-refractivity contribution in [3.8, 4) is 0 Å². The molecule has 2 aromatic rings. The Balaban J connectivity index is 1.63. The third kappa shape index (κ3) is 4.97. The molecule has 148 valence electrons. The van der Waals surface area contributed by atoms with Crippen molar-refractivity contribution < 1.29 is 13.2 Å². The molecule has 0 bridgehead atoms. The molecule has 1 aliphatic rings. The van der Waals surface area contributed by atoms with Gasteiger partial charge < -0.3 is 10.6 Å². The van der Waals surface area contributed by atoms with Crippen LogP contribution in [0.5, 0.6) is 0 Å². The van der Waals surface area contributed by atoms with Crippen molar-refractivity contribution in [3.63, 3.8) is 0 Å². The van der Waals surface area contributed by atoms with Crippen LogP contribution in [-0.2, 0) is 0 Å². The molecular formula is C18H25F3N6. The summed E-state index contributed by atoms with van der Waals surface area (Å²) >= 11 is 0. The summed E-state index contributed by atoms with van der Waals surface area (Å²) in [7, 11) is 0. The van der Waals surface area contributed by atoms with Crippen molar-refractivity contribution in [2.75, 3.05) is 30.3 Å². The molecule has 0 spiro atoms. The van der Waals surface area contributed by atoms with Gasteiger partial charge in [0.2, 0.25) is 5.95 Å². The normalized spacial score (nSPS) is 18.4. The molecule has 2 aromatic heterocycles. The molecular weight excluding hydrogens is 357 g/mol. The molecule has 3 heterocycles. The standard InChI is InChI=1S/C18H25F3N6/c1-12(2)24-17-25-15-13(6-3-8-22-15)16(26-17)23-9-5-11-27-10-4-7-14(27)18(19,20)21/h3,6,8,12,14H,4-5,7,9-11H2,1-2H3,(H2,22,23,24,25,26). The maximum Gasteiger partial charge on any atom is 0.404 e. The Labute approximate surface area is 156 Å². The Morgan fingerprint density at radius 3 is 2.85 bits per heavy atom. The summed E-state index contributed by atoms with van der Waals surface area (Å²) in [5.74, 6) is 1.13. The summed E-state index contributed by atoms with van der Waals surface area (Å²) in [6, 6.07) is 2.56. The van der Waals surface area contributed by atoms with Crippen LogP contribution < -0.4 is 10.6 Å². The quantitative estimate of drug-likeness (QED) is 0.713. The van der Waals surface area contributed by atoms with Gasteiger partial charge in [0.1, 0.15) is 11.9 Å². The zero-order chi connectivity index (χ0) is 19.4. The number of halogens is 3. The number of likely N-dealkylation sites (tertiary alicyclic amines) is 1. The molecule has 1 saturated heterocycles. The van der Waals surface area contributed by atoms with Gasteiger partial charge in [-0.1, -0.05) is 0 Å². The minimum Gasteiger partial charge on any atom is -0.369 e. The minimum atomic E-state index is -4.14. The first-order chi connectivity index (χ1) is 12.8. The topological polar surface area (TPSA) is 66.0 Å². The van der Waals surface area contributed by atoms with Gasteiger partial charge in [-0.2, -0.15) is 23.1 Å². The van der Waals surface area contributed by atoms with E-state index in [0.717, 1.165) is 5.39 Å². The van der Waals surface area contributed by atoms with E-state index in [1.165, 1.54) is 4.90 Å². The lowest BCUT2D eigenvalue weighted by molar-refractivity contribution is -0.175. The van der Waals surface area contributed by atoms with Crippen LogP contribution in [0.15, 0.2) is 18.3 Å². The molecule has 1 aliphatic heterocycles. The summed E-state index contributed by atoms with van der Waals surface area (Å²) in [4.78, 5) is 14.7. The second-order valence-corrected chi connectivity index (χ2v) is 7.09. The summed E-state index contributed by atoms with van der Waals surface area (Å²) in [5, 5.41) is 7.19. The fraction of sp³-hybridized carbons (Fsp3) is 0.611. The van der Waals surface area contributed by atoms with Crippen LogP contribution in [-0.4, -0.2) is 57.7 Å². The van der Waals surface area contributed by atoms with Gasteiger partial charge in [0, 0.05) is 25.3 Å². The monoisotopic (exact) mass is 382 g/mol. The van der Waals surface area contributed by atoms with Crippen molar-refractivity contribution in [1.29, 1.82) is 0 Å². The van der Waals surface area contributed by atoms with Crippen LogP contribution in [0, 0.1) is 0 Å². The Morgan fingerprint density at radius 1 is 1.30 bits per heavy atom. The number of hydrogen-bond donors (Lipinski definition) is 2. The summed E-state index contributed by atoms with van der Waals surface area (Å²) in [6.45, 7) is 5.43. The zero-order valence-corrected chi connectivity index (χ0v) is 15.6. The van der Waals surface area contributed by atoms with E-state index in [-0.39, 0.29) is 12.5 Å². The number of fused-ring (bicyclic) bond motifs is 1. The van der Waals surface area contributed by atoms with E-state index < -0.39 is 12.2 Å². The van der Waals surface area contributed by atoms with E-state index >= 15 is 0 Å². The minimum absolute atomic E-state index is 0.175. The van der Waals surface area contributed by atoms with Crippen LogP contribution in [0.3, 0.4) is 0 Å². The number of aromatic nitrogens is 3. The molecule has 0 amide bonds. The predicted octanol–water partition coefficient (Wildman–Crippen LogP) is 3.67. The summed E-state index contributed by atoms with van der Waals surface area (Å²) in [6.07, 6.45) is -1.07. The van der Waals surface area contributed by atoms with Crippen LogP contribution in [0.4, 0.5) is 24.9 Å². The van der Waals surface area contributed by atoms with E-state index in [0.29, 0.717) is 49.9 Å². The van der Waals surface area contributed by atoms with E-state index in [1.807, 2.05) is 26.0 Å². The molecule has 2 N–H and O–H groups in total. The zero-order valence-electron chi connectivity index (χ0n) is 15.6. The highest BCUT2D eigenvalue weighted by atomic mass is 19.4. The van der Waals surface area contributed by atoms with Gasteiger partial charge in [-0.3, -0.25) is 4.90 Å². The molecule has 0 aromatic carbocycles. The highest BCUT2D eigenvalue weighted by Crippen LogP contribution is 2.32. The molecule has 27 heavy (non-hydrogen) atoms. The second kappa shape index (κ2) is 8.24. The lowest BCUT2D eigenvalue weighted by Crippen LogP contribution is -2.41. The molecule has 0 aliphatic carbocycles. The summed E-state index contributed by atoms with van der Waals surface area (Å²) in [5.41, 5.74) is 0.579. The van der Waals surface area contributed by atoms with E-state index in [9.17, 15) is 13.2 Å². The average Bonchev–Trinajstić information content (AvgIpc) is 3.07. The van der Waals surface area contributed by atoms with Crippen molar-refractivity contribution in [2.24, 2.45) is 0 Å². The highest BCUT2D eigenvalue weighted by molar-refractivity contribution is 5.87. The SMILES string of the molecule is CC(C)Nc1nc(NCCCN2CCCC2C(F)(F)F)c2cccnc2n1. The lowest BCUT2D eigenvalue weighted by Gasteiger charge is -2.26. The van der Waals surface area contributed by atoms with Crippen LogP contribution in [0.1, 0.15) is 33.1 Å². The van der Waals surface area contributed by atoms with Crippen molar-refractivity contribution in [3.05, 3.63) is 18.3 Å². The van der Waals surface area contributed by atoms with Crippen LogP contribution >= 0.6 is 0 Å². The third-order valence-electron chi connectivity index (χ3n) is 4.55. The number of anilines is 2. The fourth-order valence-electron chi connectivity index (χ4n) is 3.37. The maximum atomic E-state index is 13.0. The molecule has 6 nitrogen and oxygen atoms in total. The first-order valence-electron chi connectivity index (χ1n) is 9.28. The largest absolute Gasteiger partial charge is 0.404 e. The molecule has 0 saturated carbocycles. The van der Waals surface area contributed by atoms with Gasteiger partial charge in [-0.25, -0.2) is 4.98 Å². The van der Waals surface area contributed by atoms with Gasteiger partial charge in [0.25, 0.3) is 0 Å². The second-order valence-electron chi connectivity index (χ2n) is 7.09. The molecule has 9 heteroatoms. The molecule has 1 atom stereocenters. The average molecular weight is 382 g/mol. The first kappa shape index (κ1) is 19.6. The Bertz CT molecular complexity index is 764. The predicted molar refractivity (Wildman–Crippen MR) is 99.8 cm³/mol. The van der Waals surface area contributed by atoms with E-state index in [4.69, 9.17) is 0 Å². The van der Waals surface area contributed by atoms with Gasteiger partial charge in [-0.05, 0) is 51.8 Å². The van der Waals surface area contributed by atoms with Crippen molar-refractivity contribution in [2.45, 2.75) is 51.4 Å². The number of rotatable bonds is 7.